The molecule has 0 atom stereocenters. The quantitative estimate of drug-likeness (QED) is 0.132. The maximum absolute atomic E-state index is 2.27. The second kappa shape index (κ2) is 30.8. The summed E-state index contributed by atoms with van der Waals surface area (Å²) < 4.78 is 0. The molecule has 23 heavy (non-hydrogen) atoms. The van der Waals surface area contributed by atoms with E-state index in [0.29, 0.717) is 0 Å². The molecule has 0 unspecified atom stereocenters. The monoisotopic (exact) mass is 424 g/mol. The Balaban J connectivity index is -0.000000333. The molecule has 0 aliphatic rings. The van der Waals surface area contributed by atoms with Crippen molar-refractivity contribution in [3.8, 4) is 0 Å². The van der Waals surface area contributed by atoms with Crippen LogP contribution in [0.3, 0.4) is 0 Å². The Morgan fingerprint density at radius 3 is 0.957 bits per heavy atom. The Morgan fingerprint density at radius 1 is 0.435 bits per heavy atom. The Kier molecular flexibility index (Phi) is 38.4. The summed E-state index contributed by atoms with van der Waals surface area (Å²) in [6, 6.07) is 0. The third kappa shape index (κ3) is 35.0. The number of hydrogen-bond donors (Lipinski definition) is 0. The van der Waals surface area contributed by atoms with Crippen LogP contribution in [0.5, 0.6) is 0 Å². The van der Waals surface area contributed by atoms with Crippen LogP contribution in [-0.2, 0) is 27.3 Å². The fourth-order valence-corrected chi connectivity index (χ4v) is 2.61. The van der Waals surface area contributed by atoms with Crippen molar-refractivity contribution in [1.82, 2.24) is 0 Å². The van der Waals surface area contributed by atoms with Crippen molar-refractivity contribution in [3.05, 3.63) is 12.8 Å². The molecule has 1 heteroatoms. The molecule has 0 aliphatic carbocycles. The van der Waals surface area contributed by atoms with Crippen LogP contribution in [0.25, 0.3) is 0 Å². The van der Waals surface area contributed by atoms with E-state index in [1.807, 2.05) is 0 Å². The van der Waals surface area contributed by atoms with Crippen molar-refractivity contribution in [2.24, 2.45) is 0 Å². The first kappa shape index (κ1) is 28.7. The molecule has 0 aliphatic heterocycles. The average Bonchev–Trinajstić information content (AvgIpc) is 2.54. The number of unbranched alkanes of at least 4 members (excludes halogenated alkanes) is 16. The minimum Gasteiger partial charge on any atom is -0.332 e. The third-order valence-electron chi connectivity index (χ3n) is 4.19. The van der Waals surface area contributed by atoms with E-state index < -0.39 is 0 Å². The molecule has 0 heterocycles. The number of hydrogen-bond acceptors (Lipinski definition) is 0. The van der Waals surface area contributed by atoms with Gasteiger partial charge in [0, 0.05) is 0 Å². The van der Waals surface area contributed by atoms with Crippen molar-refractivity contribution >= 4 is 0 Å². The van der Waals surface area contributed by atoms with Gasteiger partial charge in [-0.05, 0) is 0 Å². The second-order valence-electron chi connectivity index (χ2n) is 6.64. The molecular formula is C22H46Cd. The van der Waals surface area contributed by atoms with Crippen LogP contribution in [0.2, 0.25) is 0 Å². The van der Waals surface area contributed by atoms with Crippen LogP contribution in [0, 0.1) is 12.8 Å². The van der Waals surface area contributed by atoms with Gasteiger partial charge in [0.1, 0.15) is 0 Å². The Hall–Kier alpha value is 0.922. The predicted molar refractivity (Wildman–Crippen MR) is 105 cm³/mol. The molecule has 0 bridgehead atoms. The molecule has 0 nitrogen and oxygen atoms in total. The van der Waals surface area contributed by atoms with Gasteiger partial charge in [-0.2, -0.15) is 26.7 Å². The SMILES string of the molecule is C[CH-]CCCCCCCCC.C[CH-]CCCCCCCCC.[Cd+2]. The largest absolute Gasteiger partial charge is 2.00 e. The summed E-state index contributed by atoms with van der Waals surface area (Å²) in [5.41, 5.74) is 0. The topological polar surface area (TPSA) is 0 Å². The zero-order chi connectivity index (χ0) is 16.7. The van der Waals surface area contributed by atoms with Gasteiger partial charge in [-0.1, -0.05) is 104 Å². The predicted octanol–water partition coefficient (Wildman–Crippen LogP) is 8.70. The van der Waals surface area contributed by atoms with E-state index in [1.165, 1.54) is 103 Å². The molecule has 0 radical (unpaired) electrons. The molecule has 0 fully saturated rings. The van der Waals surface area contributed by atoms with Gasteiger partial charge in [0.05, 0.1) is 0 Å². The molecule has 0 N–H and O–H groups in total. The van der Waals surface area contributed by atoms with Crippen LogP contribution < -0.4 is 0 Å². The maximum Gasteiger partial charge on any atom is 2.00 e. The molecular weight excluding hydrogens is 377 g/mol. The zero-order valence-corrected chi connectivity index (χ0v) is 21.2. The van der Waals surface area contributed by atoms with Crippen LogP contribution in [0.15, 0.2) is 0 Å². The van der Waals surface area contributed by atoms with Gasteiger partial charge in [0.2, 0.25) is 0 Å². The van der Waals surface area contributed by atoms with Gasteiger partial charge in [0.25, 0.3) is 0 Å². The van der Waals surface area contributed by atoms with E-state index in [9.17, 15) is 0 Å². The van der Waals surface area contributed by atoms with Crippen molar-refractivity contribution in [1.29, 1.82) is 0 Å². The van der Waals surface area contributed by atoms with Gasteiger partial charge in [-0.3, -0.25) is 0 Å². The summed E-state index contributed by atoms with van der Waals surface area (Å²) in [6.45, 7) is 8.84. The summed E-state index contributed by atoms with van der Waals surface area (Å²) in [5.74, 6) is 0. The average molecular weight is 423 g/mol. The third-order valence-corrected chi connectivity index (χ3v) is 4.19. The number of rotatable bonds is 16. The summed E-state index contributed by atoms with van der Waals surface area (Å²) in [6.07, 6.45) is 27.2. The first-order chi connectivity index (χ1) is 10.8. The van der Waals surface area contributed by atoms with E-state index in [0.717, 1.165) is 0 Å². The molecule has 0 rings (SSSR count). The summed E-state index contributed by atoms with van der Waals surface area (Å²) in [4.78, 5) is 0. The van der Waals surface area contributed by atoms with Crippen molar-refractivity contribution in [2.75, 3.05) is 0 Å². The van der Waals surface area contributed by atoms with Crippen LogP contribution >= 0.6 is 0 Å². The molecule has 0 spiro atoms. The smallest absolute Gasteiger partial charge is 0.332 e. The van der Waals surface area contributed by atoms with E-state index in [4.69, 9.17) is 0 Å². The first-order valence-electron chi connectivity index (χ1n) is 10.4. The van der Waals surface area contributed by atoms with Crippen LogP contribution in [0.4, 0.5) is 0 Å². The van der Waals surface area contributed by atoms with Crippen molar-refractivity contribution in [2.45, 2.75) is 130 Å². The molecule has 0 saturated heterocycles. The summed E-state index contributed by atoms with van der Waals surface area (Å²) >= 11 is 0. The Bertz CT molecular complexity index is 122. The van der Waals surface area contributed by atoms with Gasteiger partial charge < -0.3 is 12.8 Å². The van der Waals surface area contributed by atoms with E-state index in [1.54, 1.807) is 0 Å². The van der Waals surface area contributed by atoms with Crippen LogP contribution in [-0.4, -0.2) is 0 Å². The summed E-state index contributed by atoms with van der Waals surface area (Å²) in [5, 5.41) is 0. The van der Waals surface area contributed by atoms with Crippen LogP contribution in [0.1, 0.15) is 130 Å². The normalized spacial score (nSPS) is 9.91. The van der Waals surface area contributed by atoms with Gasteiger partial charge in [0.15, 0.2) is 0 Å². The molecule has 0 aromatic rings. The minimum absolute atomic E-state index is 0. The van der Waals surface area contributed by atoms with E-state index in [-0.39, 0.29) is 27.3 Å². The fraction of sp³-hybridized carbons (Fsp3) is 0.909. The Morgan fingerprint density at radius 2 is 0.696 bits per heavy atom. The minimum atomic E-state index is 0. The molecule has 0 aromatic carbocycles. The molecule has 136 valence electrons. The maximum atomic E-state index is 2.27. The fourth-order valence-electron chi connectivity index (χ4n) is 2.61. The Labute approximate surface area is 170 Å². The van der Waals surface area contributed by atoms with Gasteiger partial charge in [-0.15, -0.1) is 0 Å². The molecule has 0 amide bonds. The van der Waals surface area contributed by atoms with Crippen molar-refractivity contribution in [3.63, 3.8) is 0 Å². The molecule has 0 aromatic heterocycles. The van der Waals surface area contributed by atoms with Crippen molar-refractivity contribution < 1.29 is 27.3 Å². The second-order valence-corrected chi connectivity index (χ2v) is 6.64. The standard InChI is InChI=1S/2C11H23.Cd/c2*1-3-5-7-9-11-10-8-6-4-2;/h2*3H,4-11H2,1-2H3;/q2*-1;+2. The van der Waals surface area contributed by atoms with E-state index in [2.05, 4.69) is 40.5 Å². The molecule has 0 saturated carbocycles. The van der Waals surface area contributed by atoms with Gasteiger partial charge >= 0.3 is 27.3 Å². The van der Waals surface area contributed by atoms with E-state index >= 15 is 0 Å². The zero-order valence-electron chi connectivity index (χ0n) is 17.2. The summed E-state index contributed by atoms with van der Waals surface area (Å²) in [7, 11) is 0. The van der Waals surface area contributed by atoms with Gasteiger partial charge in [-0.25, -0.2) is 0 Å². The first-order valence-corrected chi connectivity index (χ1v) is 10.4.